The molecule has 0 aromatic heterocycles. The predicted octanol–water partition coefficient (Wildman–Crippen LogP) is 15.9. The van der Waals surface area contributed by atoms with Gasteiger partial charge >= 0.3 is 33.6 Å². The van der Waals surface area contributed by atoms with Crippen molar-refractivity contribution in [1.29, 1.82) is 0 Å². The third-order valence-corrected chi connectivity index (χ3v) is 14.6. The average molecular weight is 1160 g/mol. The summed E-state index contributed by atoms with van der Waals surface area (Å²) >= 11 is 0. The highest BCUT2D eigenvalue weighted by atomic mass is 31.2. The highest BCUT2D eigenvalue weighted by Gasteiger charge is 2.29. The maximum atomic E-state index is 12.8. The minimum atomic E-state index is -4.91. The summed E-state index contributed by atoms with van der Waals surface area (Å²) in [5.41, 5.74) is 0. The van der Waals surface area contributed by atoms with E-state index in [1.54, 1.807) is 0 Å². The van der Waals surface area contributed by atoms with Gasteiger partial charge in [0, 0.05) is 19.3 Å². The Labute approximate surface area is 478 Å². The topological polar surface area (TPSA) is 231 Å². The molecule has 0 aliphatic rings. The maximum Gasteiger partial charge on any atom is 0.472 e. The first-order chi connectivity index (χ1) is 38.2. The number of esters is 3. The Balaban J connectivity index is 4.65. The van der Waals surface area contributed by atoms with Crippen molar-refractivity contribution in [2.24, 2.45) is 0 Å². The molecule has 0 heterocycles. The molecule has 0 saturated heterocycles. The van der Waals surface area contributed by atoms with Crippen molar-refractivity contribution in [3.8, 4) is 0 Å². The molecule has 0 aromatic rings. The van der Waals surface area contributed by atoms with Crippen LogP contribution in [0.5, 0.6) is 0 Å². The lowest BCUT2D eigenvalue weighted by Gasteiger charge is -2.21. The molecule has 4 N–H and O–H groups in total. The van der Waals surface area contributed by atoms with Gasteiger partial charge in [0.05, 0.1) is 26.4 Å². The standard InChI is InChI=1S/C61H110O16P2/c1-4-7-10-13-16-19-22-24-26-27-29-31-33-35-38-41-44-47-59(64)71-50-56(62)51-73-78(67,68)74-52-57(63)53-75-79(69,70)76-55-58(77-61(66)49-46-43-40-37-32-21-18-15-12-9-6-3)54-72-60(65)48-45-42-39-36-34-30-28-25-23-20-17-14-11-8-5-2/h7,10,16,19,24-26,28-29,31,56-58,62-63H,4-6,8-9,11-15,17-18,20-23,27,30,32-55H2,1-3H3,(H,67,68)(H,69,70)/b10-7-,19-16-,26-24-,28-25-,31-29-. The van der Waals surface area contributed by atoms with E-state index in [-0.39, 0.29) is 19.3 Å². The van der Waals surface area contributed by atoms with Gasteiger partial charge in [-0.15, -0.1) is 0 Å². The summed E-state index contributed by atoms with van der Waals surface area (Å²) in [5, 5.41) is 20.4. The van der Waals surface area contributed by atoms with Crippen LogP contribution in [0.15, 0.2) is 60.8 Å². The number of carbonyl (C=O) groups is 3. The van der Waals surface area contributed by atoms with Gasteiger partial charge in [-0.3, -0.25) is 32.5 Å². The lowest BCUT2D eigenvalue weighted by Crippen LogP contribution is -2.30. The number of phosphoric ester groups is 2. The number of phosphoric acid groups is 2. The maximum absolute atomic E-state index is 12.8. The number of carbonyl (C=O) groups excluding carboxylic acids is 3. The van der Waals surface area contributed by atoms with Crippen LogP contribution in [-0.4, -0.2) is 95.9 Å². The van der Waals surface area contributed by atoms with Crippen LogP contribution in [0, 0.1) is 0 Å². The van der Waals surface area contributed by atoms with Crippen LogP contribution in [0.1, 0.15) is 252 Å². The van der Waals surface area contributed by atoms with Crippen molar-refractivity contribution in [1.82, 2.24) is 0 Å². The van der Waals surface area contributed by atoms with E-state index in [0.29, 0.717) is 19.3 Å². The summed E-state index contributed by atoms with van der Waals surface area (Å²) in [6, 6.07) is 0. The molecular weight excluding hydrogens is 1050 g/mol. The van der Waals surface area contributed by atoms with Crippen molar-refractivity contribution < 1.29 is 75.8 Å². The molecule has 0 spiro atoms. The fourth-order valence-corrected chi connectivity index (χ4v) is 9.61. The van der Waals surface area contributed by atoms with E-state index in [0.717, 1.165) is 116 Å². The quantitative estimate of drug-likeness (QED) is 0.0146. The monoisotopic (exact) mass is 1160 g/mol. The number of hydrogen-bond acceptors (Lipinski definition) is 14. The van der Waals surface area contributed by atoms with Crippen molar-refractivity contribution in [2.75, 3.05) is 39.6 Å². The highest BCUT2D eigenvalue weighted by Crippen LogP contribution is 2.45. The molecule has 0 fully saturated rings. The van der Waals surface area contributed by atoms with Crippen LogP contribution in [-0.2, 0) is 55.8 Å². The number of allylic oxidation sites excluding steroid dienone is 10. The zero-order valence-corrected chi connectivity index (χ0v) is 51.1. The van der Waals surface area contributed by atoms with Crippen LogP contribution in [0.25, 0.3) is 0 Å². The van der Waals surface area contributed by atoms with E-state index in [4.69, 9.17) is 32.3 Å². The first-order valence-electron chi connectivity index (χ1n) is 30.6. The third kappa shape index (κ3) is 56.9. The van der Waals surface area contributed by atoms with E-state index in [9.17, 15) is 43.5 Å². The number of rotatable bonds is 58. The van der Waals surface area contributed by atoms with Gasteiger partial charge in [-0.1, -0.05) is 210 Å². The van der Waals surface area contributed by atoms with Crippen molar-refractivity contribution >= 4 is 33.6 Å². The Hall–Kier alpha value is -2.75. The Bertz CT molecular complexity index is 1700. The van der Waals surface area contributed by atoms with Crippen LogP contribution in [0.2, 0.25) is 0 Å². The molecule has 0 aliphatic heterocycles. The van der Waals surface area contributed by atoms with Gasteiger partial charge in [0.15, 0.2) is 6.10 Å². The molecule has 5 unspecified atom stereocenters. The molecule has 0 saturated carbocycles. The average Bonchev–Trinajstić information content (AvgIpc) is 3.42. The molecule has 5 atom stereocenters. The van der Waals surface area contributed by atoms with Crippen LogP contribution in [0.3, 0.4) is 0 Å². The van der Waals surface area contributed by atoms with Crippen molar-refractivity contribution in [3.63, 3.8) is 0 Å². The van der Waals surface area contributed by atoms with E-state index < -0.39 is 91.5 Å². The molecular formula is C61H110O16P2. The van der Waals surface area contributed by atoms with Gasteiger partial charge < -0.3 is 34.2 Å². The summed E-state index contributed by atoms with van der Waals surface area (Å²) in [6.45, 7) is 2.50. The van der Waals surface area contributed by atoms with Gasteiger partial charge in [0.25, 0.3) is 0 Å². The zero-order chi connectivity index (χ0) is 58.2. The predicted molar refractivity (Wildman–Crippen MR) is 316 cm³/mol. The Morgan fingerprint density at radius 3 is 1.08 bits per heavy atom. The molecule has 460 valence electrons. The van der Waals surface area contributed by atoms with E-state index >= 15 is 0 Å². The normalized spacial score (nSPS) is 14.9. The molecule has 0 rings (SSSR count). The summed E-state index contributed by atoms with van der Waals surface area (Å²) in [6.07, 6.45) is 52.9. The fourth-order valence-electron chi connectivity index (χ4n) is 8.03. The van der Waals surface area contributed by atoms with E-state index in [1.807, 2.05) is 0 Å². The Kier molecular flexibility index (Phi) is 53.8. The highest BCUT2D eigenvalue weighted by molar-refractivity contribution is 7.47. The van der Waals surface area contributed by atoms with Crippen LogP contribution < -0.4 is 0 Å². The molecule has 0 radical (unpaired) electrons. The summed E-state index contributed by atoms with van der Waals surface area (Å²) in [5.74, 6) is -1.60. The van der Waals surface area contributed by atoms with E-state index in [1.165, 1.54) is 77.0 Å². The van der Waals surface area contributed by atoms with Crippen LogP contribution >= 0.6 is 15.6 Å². The molecule has 0 aliphatic carbocycles. The minimum Gasteiger partial charge on any atom is -0.463 e. The number of hydrogen-bond donors (Lipinski definition) is 4. The molecule has 0 amide bonds. The lowest BCUT2D eigenvalue weighted by molar-refractivity contribution is -0.161. The third-order valence-electron chi connectivity index (χ3n) is 12.7. The zero-order valence-electron chi connectivity index (χ0n) is 49.3. The lowest BCUT2D eigenvalue weighted by atomic mass is 10.1. The van der Waals surface area contributed by atoms with Gasteiger partial charge in [0.2, 0.25) is 0 Å². The van der Waals surface area contributed by atoms with Gasteiger partial charge in [-0.05, 0) is 83.5 Å². The van der Waals surface area contributed by atoms with Crippen molar-refractivity contribution in [3.05, 3.63) is 60.8 Å². The van der Waals surface area contributed by atoms with Gasteiger partial charge in [0.1, 0.15) is 25.4 Å². The SMILES string of the molecule is CC/C=C\C/C=C\C/C=C\C/C=C\CCCCCCC(=O)OCC(O)COP(=O)(O)OCC(O)COP(=O)(O)OCC(COC(=O)CCCCCCC/C=C\CCCCCCCC)OC(=O)CCCCCCCCCCCCC. The summed E-state index contributed by atoms with van der Waals surface area (Å²) in [7, 11) is -9.76. The first kappa shape index (κ1) is 76.2. The second-order valence-electron chi connectivity index (χ2n) is 20.5. The number of unbranched alkanes of at least 4 members (excludes halogenated alkanes) is 25. The van der Waals surface area contributed by atoms with Gasteiger partial charge in [-0.25, -0.2) is 9.13 Å². The number of aliphatic hydroxyl groups excluding tert-OH is 2. The summed E-state index contributed by atoms with van der Waals surface area (Å²) < 4.78 is 60.6. The second kappa shape index (κ2) is 55.8. The molecule has 16 nitrogen and oxygen atoms in total. The second-order valence-corrected chi connectivity index (χ2v) is 23.4. The fraction of sp³-hybridized carbons (Fsp3) is 0.787. The van der Waals surface area contributed by atoms with E-state index in [2.05, 4.69) is 81.5 Å². The Morgan fingerprint density at radius 1 is 0.367 bits per heavy atom. The molecule has 79 heavy (non-hydrogen) atoms. The van der Waals surface area contributed by atoms with Gasteiger partial charge in [-0.2, -0.15) is 0 Å². The number of aliphatic hydroxyl groups is 2. The first-order valence-corrected chi connectivity index (χ1v) is 33.6. The molecule has 0 bridgehead atoms. The van der Waals surface area contributed by atoms with Crippen LogP contribution in [0.4, 0.5) is 0 Å². The largest absolute Gasteiger partial charge is 0.472 e. The van der Waals surface area contributed by atoms with Crippen molar-refractivity contribution in [2.45, 2.75) is 270 Å². The smallest absolute Gasteiger partial charge is 0.463 e. The molecule has 18 heteroatoms. The minimum absolute atomic E-state index is 0.107. The molecule has 0 aromatic carbocycles. The Morgan fingerprint density at radius 2 is 0.671 bits per heavy atom. The summed E-state index contributed by atoms with van der Waals surface area (Å²) in [4.78, 5) is 58.0. The number of ether oxygens (including phenoxy) is 3.